The van der Waals surface area contributed by atoms with Crippen molar-refractivity contribution in [2.24, 2.45) is 0 Å². The van der Waals surface area contributed by atoms with Crippen molar-refractivity contribution in [3.63, 3.8) is 0 Å². The molecular weight excluding hydrogens is 402 g/mol. The van der Waals surface area contributed by atoms with E-state index in [9.17, 15) is 0 Å². The SMILES string of the molecule is CCCCOc1ccccc1Sc1ccc2occ(C3CCN4CCCCC4C3)c2c1. The third kappa shape index (κ3) is 4.65. The molecule has 2 aliphatic rings. The zero-order chi connectivity index (χ0) is 21.0. The molecule has 0 radical (unpaired) electrons. The molecule has 1 aromatic heterocycles. The van der Waals surface area contributed by atoms with Gasteiger partial charge in [-0.3, -0.25) is 0 Å². The highest BCUT2D eigenvalue weighted by atomic mass is 32.2. The molecule has 3 nitrogen and oxygen atoms in total. The number of furan rings is 1. The Morgan fingerprint density at radius 3 is 2.97 bits per heavy atom. The first-order chi connectivity index (χ1) is 15.3. The van der Waals surface area contributed by atoms with Gasteiger partial charge in [-0.15, -0.1) is 0 Å². The average Bonchev–Trinajstić information content (AvgIpc) is 3.23. The average molecular weight is 436 g/mol. The molecule has 4 heteroatoms. The predicted octanol–water partition coefficient (Wildman–Crippen LogP) is 7.49. The Kier molecular flexibility index (Phi) is 6.56. The van der Waals surface area contributed by atoms with Crippen molar-refractivity contribution in [3.05, 3.63) is 54.3 Å². The molecule has 164 valence electrons. The molecule has 2 aliphatic heterocycles. The van der Waals surface area contributed by atoms with E-state index in [1.807, 2.05) is 6.26 Å². The summed E-state index contributed by atoms with van der Waals surface area (Å²) in [5.41, 5.74) is 2.42. The van der Waals surface area contributed by atoms with Crippen LogP contribution in [0.15, 0.2) is 62.9 Å². The van der Waals surface area contributed by atoms with E-state index in [0.717, 1.165) is 36.8 Å². The summed E-state index contributed by atoms with van der Waals surface area (Å²) in [5, 5.41) is 1.30. The third-order valence-electron chi connectivity index (χ3n) is 6.92. The second kappa shape index (κ2) is 9.70. The molecule has 31 heavy (non-hydrogen) atoms. The maximum Gasteiger partial charge on any atom is 0.134 e. The second-order valence-corrected chi connectivity index (χ2v) is 10.1. The number of unbranched alkanes of at least 4 members (excludes halogenated alkanes) is 1. The largest absolute Gasteiger partial charge is 0.492 e. The Morgan fingerprint density at radius 2 is 2.03 bits per heavy atom. The van der Waals surface area contributed by atoms with Gasteiger partial charge in [0.25, 0.3) is 0 Å². The molecule has 2 atom stereocenters. The fourth-order valence-corrected chi connectivity index (χ4v) is 6.13. The Balaban J connectivity index is 1.36. The van der Waals surface area contributed by atoms with Crippen molar-refractivity contribution >= 4 is 22.7 Å². The van der Waals surface area contributed by atoms with Gasteiger partial charge >= 0.3 is 0 Å². The Bertz CT molecular complexity index is 1010. The van der Waals surface area contributed by atoms with Crippen LogP contribution in [0.2, 0.25) is 0 Å². The summed E-state index contributed by atoms with van der Waals surface area (Å²) in [6.07, 6.45) is 10.9. The number of fused-ring (bicyclic) bond motifs is 2. The van der Waals surface area contributed by atoms with Crippen LogP contribution in [0, 0.1) is 0 Å². The predicted molar refractivity (Wildman–Crippen MR) is 128 cm³/mol. The lowest BCUT2D eigenvalue weighted by Crippen LogP contribution is -2.44. The molecular formula is C27H33NO2S. The maximum absolute atomic E-state index is 6.05. The number of benzene rings is 2. The summed E-state index contributed by atoms with van der Waals surface area (Å²) in [7, 11) is 0. The van der Waals surface area contributed by atoms with Gasteiger partial charge in [-0.25, -0.2) is 0 Å². The Labute approximate surface area is 190 Å². The summed E-state index contributed by atoms with van der Waals surface area (Å²) < 4.78 is 12.0. The zero-order valence-corrected chi connectivity index (χ0v) is 19.3. The molecule has 3 heterocycles. The summed E-state index contributed by atoms with van der Waals surface area (Å²) in [4.78, 5) is 5.15. The molecule has 2 fully saturated rings. The van der Waals surface area contributed by atoms with Gasteiger partial charge in [-0.05, 0) is 81.4 Å². The first-order valence-electron chi connectivity index (χ1n) is 12.0. The first kappa shape index (κ1) is 21.0. The van der Waals surface area contributed by atoms with Crippen LogP contribution in [0.1, 0.15) is 63.4 Å². The van der Waals surface area contributed by atoms with Crippen LogP contribution in [0.5, 0.6) is 5.75 Å². The van der Waals surface area contributed by atoms with E-state index < -0.39 is 0 Å². The van der Waals surface area contributed by atoms with Crippen LogP contribution in [0.25, 0.3) is 11.0 Å². The molecule has 2 aromatic carbocycles. The maximum atomic E-state index is 6.05. The highest BCUT2D eigenvalue weighted by Gasteiger charge is 2.32. The molecule has 0 spiro atoms. The van der Waals surface area contributed by atoms with Crippen LogP contribution < -0.4 is 4.74 Å². The summed E-state index contributed by atoms with van der Waals surface area (Å²) >= 11 is 1.79. The molecule has 2 unspecified atom stereocenters. The van der Waals surface area contributed by atoms with Crippen molar-refractivity contribution in [2.45, 2.75) is 73.6 Å². The van der Waals surface area contributed by atoms with Crippen molar-refractivity contribution < 1.29 is 9.15 Å². The molecule has 3 aromatic rings. The van der Waals surface area contributed by atoms with Crippen molar-refractivity contribution in [2.75, 3.05) is 19.7 Å². The van der Waals surface area contributed by atoms with E-state index in [4.69, 9.17) is 9.15 Å². The van der Waals surface area contributed by atoms with Crippen LogP contribution in [0.4, 0.5) is 0 Å². The number of ether oxygens (including phenoxy) is 1. The summed E-state index contributed by atoms with van der Waals surface area (Å²) in [6.45, 7) is 5.50. The second-order valence-electron chi connectivity index (χ2n) is 9.01. The van der Waals surface area contributed by atoms with Gasteiger partial charge in [0, 0.05) is 21.9 Å². The fourth-order valence-electron chi connectivity index (χ4n) is 5.19. The number of hydrogen-bond donors (Lipinski definition) is 0. The quantitative estimate of drug-likeness (QED) is 0.359. The standard InChI is InChI=1S/C27H33NO2S/c1-2-3-16-29-26-9-4-5-10-27(26)31-22-11-12-25-23(18-22)24(19-30-25)20-13-15-28-14-7-6-8-21(28)17-20/h4-5,9-12,18-21H,2-3,6-8,13-17H2,1H3. The van der Waals surface area contributed by atoms with Gasteiger partial charge in [-0.1, -0.05) is 43.7 Å². The van der Waals surface area contributed by atoms with Crippen molar-refractivity contribution in [1.29, 1.82) is 0 Å². The van der Waals surface area contributed by atoms with E-state index in [1.165, 1.54) is 65.9 Å². The molecule has 0 saturated carbocycles. The number of hydrogen-bond acceptors (Lipinski definition) is 4. The van der Waals surface area contributed by atoms with Crippen LogP contribution in [-0.2, 0) is 0 Å². The van der Waals surface area contributed by atoms with E-state index in [2.05, 4.69) is 54.3 Å². The van der Waals surface area contributed by atoms with E-state index in [0.29, 0.717) is 5.92 Å². The number of para-hydroxylation sites is 1. The van der Waals surface area contributed by atoms with Gasteiger partial charge in [-0.2, -0.15) is 0 Å². The summed E-state index contributed by atoms with van der Waals surface area (Å²) in [6, 6.07) is 15.8. The number of rotatable bonds is 7. The van der Waals surface area contributed by atoms with E-state index in [1.54, 1.807) is 11.8 Å². The lowest BCUT2D eigenvalue weighted by Gasteiger charge is -2.42. The lowest BCUT2D eigenvalue weighted by molar-refractivity contribution is 0.0975. The number of nitrogens with zero attached hydrogens (tertiary/aromatic N) is 1. The third-order valence-corrected chi connectivity index (χ3v) is 7.96. The highest BCUT2D eigenvalue weighted by molar-refractivity contribution is 7.99. The smallest absolute Gasteiger partial charge is 0.134 e. The van der Waals surface area contributed by atoms with Gasteiger partial charge in [0.1, 0.15) is 11.3 Å². The van der Waals surface area contributed by atoms with Crippen molar-refractivity contribution in [1.82, 2.24) is 4.90 Å². The molecule has 5 rings (SSSR count). The molecule has 0 N–H and O–H groups in total. The fraction of sp³-hybridized carbons (Fsp3) is 0.481. The normalized spacial score (nSPS) is 21.8. The van der Waals surface area contributed by atoms with Gasteiger partial charge < -0.3 is 14.1 Å². The van der Waals surface area contributed by atoms with Gasteiger partial charge in [0.05, 0.1) is 17.8 Å². The monoisotopic (exact) mass is 435 g/mol. The van der Waals surface area contributed by atoms with E-state index in [-0.39, 0.29) is 0 Å². The highest BCUT2D eigenvalue weighted by Crippen LogP contribution is 2.41. The summed E-state index contributed by atoms with van der Waals surface area (Å²) in [5.74, 6) is 1.60. The number of piperidine rings is 2. The molecule has 0 amide bonds. The minimum Gasteiger partial charge on any atom is -0.492 e. The zero-order valence-electron chi connectivity index (χ0n) is 18.5. The van der Waals surface area contributed by atoms with E-state index >= 15 is 0 Å². The van der Waals surface area contributed by atoms with Crippen LogP contribution in [0.3, 0.4) is 0 Å². The van der Waals surface area contributed by atoms with Crippen LogP contribution in [-0.4, -0.2) is 30.6 Å². The van der Waals surface area contributed by atoms with Gasteiger partial charge in [0.15, 0.2) is 0 Å². The first-order valence-corrected chi connectivity index (χ1v) is 12.8. The van der Waals surface area contributed by atoms with Crippen LogP contribution >= 0.6 is 11.8 Å². The molecule has 0 bridgehead atoms. The van der Waals surface area contributed by atoms with Crippen molar-refractivity contribution in [3.8, 4) is 5.75 Å². The molecule has 2 saturated heterocycles. The minimum absolute atomic E-state index is 0.616. The Hall–Kier alpha value is -1.91. The topological polar surface area (TPSA) is 25.6 Å². The van der Waals surface area contributed by atoms with Gasteiger partial charge in [0.2, 0.25) is 0 Å². The minimum atomic E-state index is 0.616. The Morgan fingerprint density at radius 1 is 1.10 bits per heavy atom. The molecule has 0 aliphatic carbocycles. The lowest BCUT2D eigenvalue weighted by atomic mass is 9.82.